The topological polar surface area (TPSA) is 50.9 Å². The summed E-state index contributed by atoms with van der Waals surface area (Å²) in [6.45, 7) is 1.97. The fraction of sp³-hybridized carbons (Fsp3) is 0.0833. The summed E-state index contributed by atoms with van der Waals surface area (Å²) in [5.74, 6) is 0.489. The smallest absolute Gasteiger partial charge is 0.125 e. The van der Waals surface area contributed by atoms with Gasteiger partial charge in [-0.1, -0.05) is 17.7 Å². The van der Waals surface area contributed by atoms with E-state index in [1.807, 2.05) is 31.2 Å². The van der Waals surface area contributed by atoms with Gasteiger partial charge in [0.1, 0.15) is 5.82 Å². The lowest BCUT2D eigenvalue weighted by Gasteiger charge is -2.08. The number of anilines is 3. The number of aryl methyl sites for hydroxylation is 1. The summed E-state index contributed by atoms with van der Waals surface area (Å²) in [5.41, 5.74) is 8.47. The van der Waals surface area contributed by atoms with Crippen molar-refractivity contribution in [1.29, 1.82) is 0 Å². The minimum atomic E-state index is 0.489. The van der Waals surface area contributed by atoms with Crippen LogP contribution in [0.3, 0.4) is 0 Å². The Labute approximate surface area is 99.3 Å². The summed E-state index contributed by atoms with van der Waals surface area (Å²) >= 11 is 6.03. The largest absolute Gasteiger partial charge is 0.384 e. The first-order valence-electron chi connectivity index (χ1n) is 4.90. The summed E-state index contributed by atoms with van der Waals surface area (Å²) < 4.78 is 0. The number of hydrogen-bond donors (Lipinski definition) is 2. The van der Waals surface area contributed by atoms with E-state index in [4.69, 9.17) is 17.3 Å². The first-order chi connectivity index (χ1) is 7.65. The van der Waals surface area contributed by atoms with E-state index in [2.05, 4.69) is 10.3 Å². The zero-order valence-electron chi connectivity index (χ0n) is 8.87. The molecule has 4 heteroatoms. The number of halogens is 1. The highest BCUT2D eigenvalue weighted by Crippen LogP contribution is 2.23. The number of nitrogens with zero attached hydrogens (tertiary/aromatic N) is 1. The Balaban J connectivity index is 2.24. The van der Waals surface area contributed by atoms with E-state index in [0.29, 0.717) is 5.82 Å². The molecule has 0 spiro atoms. The minimum Gasteiger partial charge on any atom is -0.384 e. The molecule has 16 heavy (non-hydrogen) atoms. The molecule has 82 valence electrons. The number of hydrogen-bond acceptors (Lipinski definition) is 3. The van der Waals surface area contributed by atoms with Gasteiger partial charge < -0.3 is 11.1 Å². The Morgan fingerprint density at radius 2 is 1.94 bits per heavy atom. The predicted molar refractivity (Wildman–Crippen MR) is 68.1 cm³/mol. The van der Waals surface area contributed by atoms with Crippen LogP contribution in [-0.2, 0) is 0 Å². The molecule has 3 nitrogen and oxygen atoms in total. The molecule has 1 heterocycles. The summed E-state index contributed by atoms with van der Waals surface area (Å²) in [6.07, 6.45) is 1.66. The van der Waals surface area contributed by atoms with Crippen LogP contribution in [0.1, 0.15) is 5.56 Å². The van der Waals surface area contributed by atoms with Gasteiger partial charge in [-0.2, -0.15) is 0 Å². The molecular weight excluding hydrogens is 222 g/mol. The maximum atomic E-state index is 6.03. The number of nitrogens with two attached hydrogens (primary N) is 1. The summed E-state index contributed by atoms with van der Waals surface area (Å²) in [6, 6.07) is 9.44. The molecule has 2 rings (SSSR count). The zero-order chi connectivity index (χ0) is 11.5. The van der Waals surface area contributed by atoms with Crippen molar-refractivity contribution in [2.75, 3.05) is 11.1 Å². The van der Waals surface area contributed by atoms with Crippen LogP contribution in [0.5, 0.6) is 0 Å². The number of nitrogens with one attached hydrogen (secondary N) is 1. The van der Waals surface area contributed by atoms with Crippen molar-refractivity contribution in [2.45, 2.75) is 6.92 Å². The normalized spacial score (nSPS) is 10.1. The van der Waals surface area contributed by atoms with Gasteiger partial charge in [-0.15, -0.1) is 0 Å². The molecule has 1 aromatic heterocycles. The van der Waals surface area contributed by atoms with E-state index in [1.54, 1.807) is 12.3 Å². The third kappa shape index (κ3) is 2.44. The van der Waals surface area contributed by atoms with Crippen molar-refractivity contribution >= 4 is 28.8 Å². The van der Waals surface area contributed by atoms with Gasteiger partial charge in [0.2, 0.25) is 0 Å². The van der Waals surface area contributed by atoms with Crippen molar-refractivity contribution in [1.82, 2.24) is 4.98 Å². The Kier molecular flexibility index (Phi) is 2.97. The Morgan fingerprint density at radius 3 is 2.62 bits per heavy atom. The van der Waals surface area contributed by atoms with Gasteiger partial charge in [-0.05, 0) is 30.7 Å². The lowest BCUT2D eigenvalue weighted by atomic mass is 10.2. The zero-order valence-corrected chi connectivity index (χ0v) is 9.62. The molecule has 1 aromatic carbocycles. The molecule has 0 aliphatic rings. The molecule has 2 aromatic rings. The maximum absolute atomic E-state index is 6.03. The van der Waals surface area contributed by atoms with Gasteiger partial charge in [0.05, 0.1) is 0 Å². The Bertz CT molecular complexity index is 511. The van der Waals surface area contributed by atoms with E-state index in [1.165, 1.54) is 0 Å². The van der Waals surface area contributed by atoms with Gasteiger partial charge in [-0.3, -0.25) is 0 Å². The maximum Gasteiger partial charge on any atom is 0.125 e. The van der Waals surface area contributed by atoms with Crippen molar-refractivity contribution in [3.8, 4) is 0 Å². The molecule has 0 bridgehead atoms. The molecular formula is C12H12ClN3. The quantitative estimate of drug-likeness (QED) is 0.836. The van der Waals surface area contributed by atoms with E-state index in [9.17, 15) is 0 Å². The SMILES string of the molecule is Cc1ccc(Nc2ccnc(N)c2)cc1Cl. The number of pyridine rings is 1. The van der Waals surface area contributed by atoms with Crippen molar-refractivity contribution in [2.24, 2.45) is 0 Å². The van der Waals surface area contributed by atoms with Gasteiger partial charge in [0, 0.05) is 28.7 Å². The standard InChI is InChI=1S/C12H12ClN3/c1-8-2-3-9(6-11(8)13)16-10-4-5-15-12(14)7-10/h2-7H,1H3,(H3,14,15,16). The summed E-state index contributed by atoms with van der Waals surface area (Å²) in [5, 5.41) is 3.95. The van der Waals surface area contributed by atoms with E-state index < -0.39 is 0 Å². The van der Waals surface area contributed by atoms with Crippen molar-refractivity contribution in [3.05, 3.63) is 47.1 Å². The Hall–Kier alpha value is -1.74. The fourth-order valence-electron chi connectivity index (χ4n) is 1.36. The summed E-state index contributed by atoms with van der Waals surface area (Å²) in [4.78, 5) is 3.92. The molecule has 0 unspecified atom stereocenters. The fourth-order valence-corrected chi connectivity index (χ4v) is 1.54. The average molecular weight is 234 g/mol. The molecule has 0 radical (unpaired) electrons. The van der Waals surface area contributed by atoms with Crippen LogP contribution in [0.4, 0.5) is 17.2 Å². The van der Waals surface area contributed by atoms with Crippen molar-refractivity contribution in [3.63, 3.8) is 0 Å². The van der Waals surface area contributed by atoms with Gasteiger partial charge >= 0.3 is 0 Å². The third-order valence-corrected chi connectivity index (χ3v) is 2.65. The molecule has 0 amide bonds. The van der Waals surface area contributed by atoms with E-state index in [-0.39, 0.29) is 0 Å². The van der Waals surface area contributed by atoms with Crippen LogP contribution in [0.2, 0.25) is 5.02 Å². The molecule has 0 aliphatic heterocycles. The first-order valence-corrected chi connectivity index (χ1v) is 5.27. The second-order valence-electron chi connectivity index (χ2n) is 3.56. The van der Waals surface area contributed by atoms with Crippen LogP contribution in [0.15, 0.2) is 36.5 Å². The number of benzene rings is 1. The van der Waals surface area contributed by atoms with Crippen molar-refractivity contribution < 1.29 is 0 Å². The third-order valence-electron chi connectivity index (χ3n) is 2.24. The van der Waals surface area contributed by atoms with Crippen LogP contribution >= 0.6 is 11.6 Å². The molecule has 0 fully saturated rings. The lowest BCUT2D eigenvalue weighted by Crippen LogP contribution is -1.94. The highest BCUT2D eigenvalue weighted by Gasteiger charge is 1.99. The molecule has 0 atom stereocenters. The molecule has 3 N–H and O–H groups in total. The van der Waals surface area contributed by atoms with E-state index in [0.717, 1.165) is 22.0 Å². The van der Waals surface area contributed by atoms with Gasteiger partial charge in [0.25, 0.3) is 0 Å². The van der Waals surface area contributed by atoms with Crippen LogP contribution in [0, 0.1) is 6.92 Å². The molecule has 0 saturated heterocycles. The second kappa shape index (κ2) is 4.41. The van der Waals surface area contributed by atoms with Crippen LogP contribution in [0.25, 0.3) is 0 Å². The van der Waals surface area contributed by atoms with Crippen LogP contribution in [-0.4, -0.2) is 4.98 Å². The second-order valence-corrected chi connectivity index (χ2v) is 3.97. The average Bonchev–Trinajstić information content (AvgIpc) is 2.24. The highest BCUT2D eigenvalue weighted by atomic mass is 35.5. The van der Waals surface area contributed by atoms with Gasteiger partial charge in [-0.25, -0.2) is 4.98 Å². The summed E-state index contributed by atoms with van der Waals surface area (Å²) in [7, 11) is 0. The predicted octanol–water partition coefficient (Wildman–Crippen LogP) is 3.37. The number of aromatic nitrogens is 1. The highest BCUT2D eigenvalue weighted by molar-refractivity contribution is 6.31. The molecule has 0 saturated carbocycles. The molecule has 0 aliphatic carbocycles. The number of nitrogen functional groups attached to an aromatic ring is 1. The minimum absolute atomic E-state index is 0.489. The Morgan fingerprint density at radius 1 is 1.19 bits per heavy atom. The van der Waals surface area contributed by atoms with E-state index >= 15 is 0 Å². The van der Waals surface area contributed by atoms with Crippen LogP contribution < -0.4 is 11.1 Å². The monoisotopic (exact) mass is 233 g/mol. The first kappa shape index (κ1) is 10.8. The lowest BCUT2D eigenvalue weighted by molar-refractivity contribution is 1.33. The number of rotatable bonds is 2. The van der Waals surface area contributed by atoms with Gasteiger partial charge in [0.15, 0.2) is 0 Å².